The summed E-state index contributed by atoms with van der Waals surface area (Å²) >= 11 is 0. The SMILES string of the molecule is C/C1=C/CC[C@]23O[C@H]2[C@@H](OC3=O)C2=C(C1)C(=O)C(=O)C=C2O. The Kier molecular flexibility index (Phi) is 2.55. The van der Waals surface area contributed by atoms with Gasteiger partial charge in [0.25, 0.3) is 0 Å². The Bertz CT molecular complexity index is 725. The predicted molar refractivity (Wildman–Crippen MR) is 72.8 cm³/mol. The zero-order chi connectivity index (χ0) is 15.6. The van der Waals surface area contributed by atoms with Gasteiger partial charge in [0.1, 0.15) is 11.9 Å². The standard InChI is InChI=1S/C16H14O6/c1-7-3-2-4-16-14(22-16)13(21-15(16)20)11-8(5-7)12(19)10(18)6-9(11)17/h3,6,13-14,17H,2,4-5H2,1H3/b7-3-/t13-,14-,16-/m0/s1. The summed E-state index contributed by atoms with van der Waals surface area (Å²) in [5.41, 5.74) is 0.370. The average Bonchev–Trinajstić information content (AvgIpc) is 3.12. The van der Waals surface area contributed by atoms with Gasteiger partial charge < -0.3 is 14.6 Å². The van der Waals surface area contributed by atoms with Crippen molar-refractivity contribution in [3.63, 3.8) is 0 Å². The molecular weight excluding hydrogens is 288 g/mol. The van der Waals surface area contributed by atoms with Crippen molar-refractivity contribution < 1.29 is 29.0 Å². The smallest absolute Gasteiger partial charge is 0.342 e. The first-order chi connectivity index (χ1) is 10.4. The molecule has 0 saturated carbocycles. The molecule has 4 rings (SSSR count). The number of allylic oxidation sites excluding steroid dienone is 4. The Morgan fingerprint density at radius 2 is 2.09 bits per heavy atom. The van der Waals surface area contributed by atoms with Crippen LogP contribution in [0.4, 0.5) is 0 Å². The summed E-state index contributed by atoms with van der Waals surface area (Å²) < 4.78 is 10.9. The fourth-order valence-electron chi connectivity index (χ4n) is 3.52. The molecule has 2 heterocycles. The van der Waals surface area contributed by atoms with E-state index in [0.717, 1.165) is 11.6 Å². The highest BCUT2D eigenvalue weighted by Crippen LogP contribution is 2.53. The Hall–Kier alpha value is -2.21. The van der Waals surface area contributed by atoms with E-state index in [0.29, 0.717) is 12.8 Å². The van der Waals surface area contributed by atoms with Crippen LogP contribution in [0.5, 0.6) is 0 Å². The zero-order valence-corrected chi connectivity index (χ0v) is 11.9. The number of ketones is 2. The van der Waals surface area contributed by atoms with Crippen molar-refractivity contribution in [2.45, 2.75) is 44.0 Å². The van der Waals surface area contributed by atoms with Crippen LogP contribution in [0.15, 0.2) is 34.6 Å². The number of hydrogen-bond acceptors (Lipinski definition) is 6. The predicted octanol–water partition coefficient (Wildman–Crippen LogP) is 1.07. The minimum atomic E-state index is -0.957. The molecule has 0 unspecified atom stereocenters. The highest BCUT2D eigenvalue weighted by atomic mass is 16.7. The third-order valence-electron chi connectivity index (χ3n) is 4.71. The van der Waals surface area contributed by atoms with Crippen LogP contribution in [0.25, 0.3) is 0 Å². The van der Waals surface area contributed by atoms with Crippen molar-refractivity contribution in [2.24, 2.45) is 0 Å². The maximum Gasteiger partial charge on any atom is 0.342 e. The lowest BCUT2D eigenvalue weighted by molar-refractivity contribution is -0.152. The lowest BCUT2D eigenvalue weighted by atomic mass is 9.83. The minimum absolute atomic E-state index is 0.199. The van der Waals surface area contributed by atoms with Gasteiger partial charge >= 0.3 is 5.97 Å². The van der Waals surface area contributed by atoms with Crippen molar-refractivity contribution in [3.8, 4) is 0 Å². The molecule has 22 heavy (non-hydrogen) atoms. The normalized spacial score (nSPS) is 39.4. The van der Waals surface area contributed by atoms with Crippen molar-refractivity contribution in [1.82, 2.24) is 0 Å². The van der Waals surface area contributed by atoms with Crippen LogP contribution in [-0.2, 0) is 23.9 Å². The van der Waals surface area contributed by atoms with E-state index in [2.05, 4.69) is 0 Å². The molecule has 0 aromatic heterocycles. The molecule has 3 atom stereocenters. The maximum absolute atomic E-state index is 12.2. The molecule has 0 radical (unpaired) electrons. The van der Waals surface area contributed by atoms with Gasteiger partial charge in [0, 0.05) is 17.2 Å². The number of aliphatic hydroxyl groups is 1. The second-order valence-corrected chi connectivity index (χ2v) is 6.13. The highest BCUT2D eigenvalue weighted by molar-refractivity contribution is 6.48. The number of rotatable bonds is 0. The zero-order valence-electron chi connectivity index (χ0n) is 11.9. The quantitative estimate of drug-likeness (QED) is 0.236. The van der Waals surface area contributed by atoms with E-state index in [1.807, 2.05) is 13.0 Å². The highest BCUT2D eigenvalue weighted by Gasteiger charge is 2.73. The topological polar surface area (TPSA) is 93.2 Å². The molecule has 0 spiro atoms. The molecule has 2 fully saturated rings. The number of fused-ring (bicyclic) bond motifs is 1. The molecule has 0 amide bonds. The van der Waals surface area contributed by atoms with Gasteiger partial charge in [0.05, 0.1) is 0 Å². The molecule has 2 saturated heterocycles. The van der Waals surface area contributed by atoms with Crippen molar-refractivity contribution in [1.29, 1.82) is 0 Å². The van der Waals surface area contributed by atoms with Gasteiger partial charge in [0.15, 0.2) is 11.7 Å². The van der Waals surface area contributed by atoms with E-state index in [1.165, 1.54) is 0 Å². The Morgan fingerprint density at radius 3 is 2.82 bits per heavy atom. The lowest BCUT2D eigenvalue weighted by Crippen LogP contribution is -2.30. The molecule has 6 heteroatoms. The van der Waals surface area contributed by atoms with Crippen LogP contribution < -0.4 is 0 Å². The molecule has 1 N–H and O–H groups in total. The van der Waals surface area contributed by atoms with Gasteiger partial charge in [-0.1, -0.05) is 11.6 Å². The number of ether oxygens (including phenoxy) is 2. The maximum atomic E-state index is 12.2. The van der Waals surface area contributed by atoms with Crippen LogP contribution in [-0.4, -0.2) is 40.5 Å². The van der Waals surface area contributed by atoms with Crippen molar-refractivity contribution >= 4 is 17.5 Å². The number of esters is 1. The fraction of sp³-hybridized carbons (Fsp3) is 0.438. The summed E-state index contributed by atoms with van der Waals surface area (Å²) in [6.45, 7) is 1.85. The first-order valence-electron chi connectivity index (χ1n) is 7.21. The van der Waals surface area contributed by atoms with Gasteiger partial charge in [-0.2, -0.15) is 0 Å². The summed E-state index contributed by atoms with van der Waals surface area (Å²) in [5, 5.41) is 10.2. The molecular formula is C16H14O6. The Morgan fingerprint density at radius 1 is 1.32 bits per heavy atom. The van der Waals surface area contributed by atoms with Crippen LogP contribution in [0, 0.1) is 0 Å². The van der Waals surface area contributed by atoms with Crippen LogP contribution in [0.3, 0.4) is 0 Å². The van der Waals surface area contributed by atoms with Crippen LogP contribution >= 0.6 is 0 Å². The summed E-state index contributed by atoms with van der Waals surface area (Å²) in [6.07, 6.45) is 2.92. The van der Waals surface area contributed by atoms with Crippen LogP contribution in [0.1, 0.15) is 26.2 Å². The van der Waals surface area contributed by atoms with E-state index in [-0.39, 0.29) is 23.3 Å². The van der Waals surface area contributed by atoms with Crippen molar-refractivity contribution in [3.05, 3.63) is 34.6 Å². The largest absolute Gasteiger partial charge is 0.507 e. The first-order valence-corrected chi connectivity index (χ1v) is 7.21. The molecule has 0 aromatic rings. The van der Waals surface area contributed by atoms with E-state index in [4.69, 9.17) is 9.47 Å². The average molecular weight is 302 g/mol. The summed E-state index contributed by atoms with van der Waals surface area (Å²) in [5.74, 6) is -2.18. The van der Waals surface area contributed by atoms with E-state index in [9.17, 15) is 19.5 Å². The van der Waals surface area contributed by atoms with Gasteiger partial charge in [0.2, 0.25) is 11.6 Å². The van der Waals surface area contributed by atoms with Gasteiger partial charge in [-0.3, -0.25) is 9.59 Å². The third-order valence-corrected chi connectivity index (χ3v) is 4.71. The Balaban J connectivity index is 1.89. The van der Waals surface area contributed by atoms with E-state index < -0.39 is 35.3 Å². The second-order valence-electron chi connectivity index (χ2n) is 6.13. The third kappa shape index (κ3) is 1.61. The molecule has 6 nitrogen and oxygen atoms in total. The van der Waals surface area contributed by atoms with E-state index >= 15 is 0 Å². The molecule has 2 bridgehead atoms. The Labute approximate surface area is 126 Å². The number of Topliss-reactive ketones (excluding diaryl/α,β-unsaturated/α-hetero) is 1. The number of carbonyl (C=O) groups is 3. The lowest BCUT2D eigenvalue weighted by Gasteiger charge is -2.22. The summed E-state index contributed by atoms with van der Waals surface area (Å²) in [4.78, 5) is 36.0. The first kappa shape index (κ1) is 13.5. The minimum Gasteiger partial charge on any atom is -0.507 e. The molecule has 4 aliphatic rings. The number of aliphatic hydroxyl groups excluding tert-OH is 1. The second kappa shape index (κ2) is 4.16. The fourth-order valence-corrected chi connectivity index (χ4v) is 3.52. The summed E-state index contributed by atoms with van der Waals surface area (Å²) in [6, 6.07) is 0. The number of hydrogen-bond donors (Lipinski definition) is 1. The molecule has 0 aromatic carbocycles. The van der Waals surface area contributed by atoms with Crippen molar-refractivity contribution in [2.75, 3.05) is 0 Å². The number of epoxide rings is 1. The van der Waals surface area contributed by atoms with Crippen LogP contribution in [0.2, 0.25) is 0 Å². The molecule has 2 aliphatic carbocycles. The van der Waals surface area contributed by atoms with Gasteiger partial charge in [-0.15, -0.1) is 0 Å². The summed E-state index contributed by atoms with van der Waals surface area (Å²) in [7, 11) is 0. The molecule has 2 aliphatic heterocycles. The van der Waals surface area contributed by atoms with E-state index in [1.54, 1.807) is 0 Å². The number of carbonyl (C=O) groups excluding carboxylic acids is 3. The molecule has 114 valence electrons. The van der Waals surface area contributed by atoms with Gasteiger partial charge in [-0.25, -0.2) is 4.79 Å². The van der Waals surface area contributed by atoms with Gasteiger partial charge in [-0.05, 0) is 26.2 Å². The monoisotopic (exact) mass is 302 g/mol.